The van der Waals surface area contributed by atoms with Crippen molar-refractivity contribution in [3.05, 3.63) is 30.3 Å². The van der Waals surface area contributed by atoms with E-state index in [1.807, 2.05) is 6.07 Å². The molecule has 3 N–H and O–H groups in total. The molecule has 1 aromatic rings. The fourth-order valence-electron chi connectivity index (χ4n) is 2.88. The lowest BCUT2D eigenvalue weighted by atomic mass is 10.0. The number of hydrogen-bond donors (Lipinski definition) is 3. The molecule has 2 aliphatic heterocycles. The SMILES string of the molecule is CC1=NN(C2CCS(O)(O)C2)C(=O)C1C(=O)Nc1ccccc1. The summed E-state index contributed by atoms with van der Waals surface area (Å²) in [6.45, 7) is 1.64. The smallest absolute Gasteiger partial charge is 0.261 e. The predicted molar refractivity (Wildman–Crippen MR) is 89.5 cm³/mol. The van der Waals surface area contributed by atoms with Gasteiger partial charge in [0.05, 0.1) is 17.5 Å². The van der Waals surface area contributed by atoms with Gasteiger partial charge in [0, 0.05) is 11.4 Å². The van der Waals surface area contributed by atoms with Gasteiger partial charge in [-0.2, -0.15) is 15.7 Å². The molecule has 8 heteroatoms. The largest absolute Gasteiger partial charge is 0.325 e. The molecule has 2 atom stereocenters. The first-order valence-electron chi connectivity index (χ1n) is 7.35. The monoisotopic (exact) mass is 337 g/mol. The molecule has 23 heavy (non-hydrogen) atoms. The van der Waals surface area contributed by atoms with Gasteiger partial charge in [0.25, 0.3) is 5.91 Å². The summed E-state index contributed by atoms with van der Waals surface area (Å²) in [4.78, 5) is 24.9. The number of hydrogen-bond acceptors (Lipinski definition) is 5. The van der Waals surface area contributed by atoms with Crippen LogP contribution in [-0.4, -0.2) is 49.2 Å². The molecule has 0 aliphatic carbocycles. The number of nitrogens with one attached hydrogen (secondary N) is 1. The van der Waals surface area contributed by atoms with Gasteiger partial charge in [-0.05, 0) is 25.5 Å². The van der Waals surface area contributed by atoms with Crippen LogP contribution >= 0.6 is 10.6 Å². The molecule has 0 saturated carbocycles. The molecule has 2 heterocycles. The van der Waals surface area contributed by atoms with Crippen molar-refractivity contribution in [3.63, 3.8) is 0 Å². The van der Waals surface area contributed by atoms with Gasteiger partial charge in [-0.3, -0.25) is 18.7 Å². The van der Waals surface area contributed by atoms with Crippen molar-refractivity contribution < 1.29 is 18.7 Å². The van der Waals surface area contributed by atoms with E-state index in [-0.39, 0.29) is 17.5 Å². The molecule has 0 radical (unpaired) electrons. The summed E-state index contributed by atoms with van der Waals surface area (Å²) in [5.41, 5.74) is 1.04. The van der Waals surface area contributed by atoms with Crippen molar-refractivity contribution in [2.24, 2.45) is 11.0 Å². The molecule has 2 amide bonds. The quantitative estimate of drug-likeness (QED) is 0.734. The van der Waals surface area contributed by atoms with Gasteiger partial charge in [0.1, 0.15) is 0 Å². The highest BCUT2D eigenvalue weighted by atomic mass is 32.3. The Balaban J connectivity index is 1.71. The topological polar surface area (TPSA) is 102 Å². The number of nitrogens with zero attached hydrogens (tertiary/aromatic N) is 2. The molecule has 3 rings (SSSR count). The highest BCUT2D eigenvalue weighted by Gasteiger charge is 2.44. The van der Waals surface area contributed by atoms with E-state index in [1.165, 1.54) is 5.01 Å². The fourth-order valence-corrected chi connectivity index (χ4v) is 4.62. The van der Waals surface area contributed by atoms with E-state index < -0.39 is 28.3 Å². The van der Waals surface area contributed by atoms with E-state index in [0.717, 1.165) is 0 Å². The van der Waals surface area contributed by atoms with Crippen molar-refractivity contribution in [1.29, 1.82) is 0 Å². The van der Waals surface area contributed by atoms with Crippen LogP contribution in [-0.2, 0) is 9.59 Å². The Hall–Kier alpha value is -1.90. The molecular weight excluding hydrogens is 318 g/mol. The summed E-state index contributed by atoms with van der Waals surface area (Å²) >= 11 is 0. The second-order valence-electron chi connectivity index (χ2n) is 5.83. The first-order valence-corrected chi connectivity index (χ1v) is 9.23. The summed E-state index contributed by atoms with van der Waals surface area (Å²) in [6, 6.07) is 8.56. The second kappa shape index (κ2) is 5.95. The van der Waals surface area contributed by atoms with Crippen molar-refractivity contribution >= 4 is 33.8 Å². The van der Waals surface area contributed by atoms with Crippen LogP contribution in [0.3, 0.4) is 0 Å². The minimum atomic E-state index is -2.62. The first-order chi connectivity index (χ1) is 10.9. The molecule has 1 saturated heterocycles. The summed E-state index contributed by atoms with van der Waals surface area (Å²) < 4.78 is 19.4. The summed E-state index contributed by atoms with van der Waals surface area (Å²) in [7, 11) is -2.62. The lowest BCUT2D eigenvalue weighted by Crippen LogP contribution is -2.40. The Labute approximate surface area is 135 Å². The number of carbonyl (C=O) groups excluding carboxylic acids is 2. The number of carbonyl (C=O) groups is 2. The first kappa shape index (κ1) is 16.0. The Morgan fingerprint density at radius 1 is 1.35 bits per heavy atom. The van der Waals surface area contributed by atoms with E-state index in [9.17, 15) is 18.7 Å². The molecule has 0 spiro atoms. The van der Waals surface area contributed by atoms with Crippen molar-refractivity contribution in [3.8, 4) is 0 Å². The van der Waals surface area contributed by atoms with Crippen LogP contribution < -0.4 is 5.32 Å². The molecule has 0 bridgehead atoms. The lowest BCUT2D eigenvalue weighted by molar-refractivity contribution is -0.137. The average molecular weight is 337 g/mol. The van der Waals surface area contributed by atoms with Gasteiger partial charge in [0.2, 0.25) is 5.91 Å². The van der Waals surface area contributed by atoms with Gasteiger partial charge in [-0.15, -0.1) is 0 Å². The Morgan fingerprint density at radius 3 is 2.65 bits per heavy atom. The molecule has 124 valence electrons. The maximum atomic E-state index is 12.5. The van der Waals surface area contributed by atoms with Gasteiger partial charge in [0.15, 0.2) is 5.92 Å². The third-order valence-electron chi connectivity index (χ3n) is 4.04. The number of rotatable bonds is 3. The minimum Gasteiger partial charge on any atom is -0.325 e. The third kappa shape index (κ3) is 3.24. The van der Waals surface area contributed by atoms with E-state index in [1.54, 1.807) is 31.2 Å². The number of anilines is 1. The molecule has 7 nitrogen and oxygen atoms in total. The molecule has 0 aromatic heterocycles. The van der Waals surface area contributed by atoms with Gasteiger partial charge in [-0.25, -0.2) is 5.01 Å². The minimum absolute atomic E-state index is 0.128. The number of amides is 2. The maximum Gasteiger partial charge on any atom is 0.261 e. The van der Waals surface area contributed by atoms with E-state index in [0.29, 0.717) is 17.8 Å². The highest BCUT2D eigenvalue weighted by Crippen LogP contribution is 2.47. The van der Waals surface area contributed by atoms with E-state index in [4.69, 9.17) is 0 Å². The van der Waals surface area contributed by atoms with E-state index >= 15 is 0 Å². The number of benzene rings is 1. The zero-order valence-corrected chi connectivity index (χ0v) is 13.5. The molecule has 1 fully saturated rings. The maximum absolute atomic E-state index is 12.5. The van der Waals surface area contributed by atoms with Crippen LogP contribution in [0.15, 0.2) is 35.4 Å². The fraction of sp³-hybridized carbons (Fsp3) is 0.400. The van der Waals surface area contributed by atoms with Crippen molar-refractivity contribution in [2.75, 3.05) is 16.8 Å². The predicted octanol–water partition coefficient (Wildman–Crippen LogP) is 1.98. The lowest BCUT2D eigenvalue weighted by Gasteiger charge is -2.27. The van der Waals surface area contributed by atoms with Crippen LogP contribution in [0.5, 0.6) is 0 Å². The van der Waals surface area contributed by atoms with Crippen LogP contribution in [0.25, 0.3) is 0 Å². The van der Waals surface area contributed by atoms with Crippen LogP contribution in [0.4, 0.5) is 5.69 Å². The Kier molecular flexibility index (Phi) is 4.13. The summed E-state index contributed by atoms with van der Waals surface area (Å²) in [6.07, 6.45) is 0.484. The van der Waals surface area contributed by atoms with Crippen LogP contribution in [0.2, 0.25) is 0 Å². The third-order valence-corrected chi connectivity index (χ3v) is 5.85. The highest BCUT2D eigenvalue weighted by molar-refractivity contribution is 8.24. The molecular formula is C15H19N3O4S. The number of para-hydroxylation sites is 1. The average Bonchev–Trinajstić information content (AvgIpc) is 2.99. The number of hydrazone groups is 1. The molecule has 2 unspecified atom stereocenters. The van der Waals surface area contributed by atoms with Crippen LogP contribution in [0.1, 0.15) is 13.3 Å². The molecule has 1 aromatic carbocycles. The Bertz CT molecular complexity index is 662. The summed E-state index contributed by atoms with van der Waals surface area (Å²) in [5, 5.41) is 8.16. The molecule has 2 aliphatic rings. The zero-order valence-electron chi connectivity index (χ0n) is 12.7. The standard InChI is InChI=1S/C15H19N3O4S/c1-10-13(14(19)16-11-5-3-2-4-6-11)15(20)18(17-10)12-7-8-23(21,22)9-12/h2-6,12-13,21-22H,7-9H2,1H3,(H,16,19). The van der Waals surface area contributed by atoms with Crippen molar-refractivity contribution in [1.82, 2.24) is 5.01 Å². The van der Waals surface area contributed by atoms with Gasteiger partial charge < -0.3 is 5.32 Å². The summed E-state index contributed by atoms with van der Waals surface area (Å²) in [5.74, 6) is -1.38. The van der Waals surface area contributed by atoms with Crippen LogP contribution in [0, 0.1) is 5.92 Å². The van der Waals surface area contributed by atoms with Gasteiger partial charge >= 0.3 is 0 Å². The van der Waals surface area contributed by atoms with E-state index in [2.05, 4.69) is 10.4 Å². The normalized spacial score (nSPS) is 27.7. The second-order valence-corrected chi connectivity index (χ2v) is 8.17. The Morgan fingerprint density at radius 2 is 2.04 bits per heavy atom. The zero-order chi connectivity index (χ0) is 16.6. The van der Waals surface area contributed by atoms with Gasteiger partial charge in [-0.1, -0.05) is 18.2 Å². The van der Waals surface area contributed by atoms with Crippen molar-refractivity contribution in [2.45, 2.75) is 19.4 Å².